The number of rotatable bonds is 11. The second-order valence-corrected chi connectivity index (χ2v) is 8.54. The standard InChI is InChI=1S/C22H21Cl4F3O3/c1-2-14(21-18(23)12-17(13-19(21)24)31-11-9-20(25)26)4-3-10-30-15-5-7-16(8-6-15)32-22(27,28)29/h5-9,12-14H,2-4,10-11H2,1H3. The van der Waals surface area contributed by atoms with Crippen molar-refractivity contribution in [2.45, 2.75) is 38.5 Å². The van der Waals surface area contributed by atoms with E-state index >= 15 is 0 Å². The predicted octanol–water partition coefficient (Wildman–Crippen LogP) is 8.94. The van der Waals surface area contributed by atoms with Crippen LogP contribution in [0.5, 0.6) is 17.2 Å². The number of alkyl halides is 3. The summed E-state index contributed by atoms with van der Waals surface area (Å²) in [6.45, 7) is 2.61. The summed E-state index contributed by atoms with van der Waals surface area (Å²) in [5.74, 6) is 0.767. The molecule has 176 valence electrons. The number of ether oxygens (including phenoxy) is 3. The molecule has 3 nitrogen and oxygen atoms in total. The topological polar surface area (TPSA) is 27.7 Å². The maximum atomic E-state index is 12.2. The highest BCUT2D eigenvalue weighted by molar-refractivity contribution is 6.55. The lowest BCUT2D eigenvalue weighted by molar-refractivity contribution is -0.274. The quantitative estimate of drug-likeness (QED) is 0.271. The van der Waals surface area contributed by atoms with Gasteiger partial charge in [0.25, 0.3) is 0 Å². The Hall–Kier alpha value is -1.47. The molecule has 2 rings (SSSR count). The van der Waals surface area contributed by atoms with Crippen LogP contribution in [0.3, 0.4) is 0 Å². The van der Waals surface area contributed by atoms with Crippen molar-refractivity contribution in [3.63, 3.8) is 0 Å². The second-order valence-electron chi connectivity index (χ2n) is 6.72. The molecule has 0 fully saturated rings. The number of hydrogen-bond donors (Lipinski definition) is 0. The van der Waals surface area contributed by atoms with Crippen LogP contribution in [0.25, 0.3) is 0 Å². The minimum Gasteiger partial charge on any atom is -0.494 e. The molecule has 0 radical (unpaired) electrons. The average molecular weight is 532 g/mol. The molecule has 0 saturated carbocycles. The van der Waals surface area contributed by atoms with Crippen molar-refractivity contribution in [2.24, 2.45) is 0 Å². The van der Waals surface area contributed by atoms with E-state index in [9.17, 15) is 13.2 Å². The molecule has 0 N–H and O–H groups in total. The van der Waals surface area contributed by atoms with E-state index in [0.29, 0.717) is 34.6 Å². The number of halogens is 7. The molecular formula is C22H21Cl4F3O3. The lowest BCUT2D eigenvalue weighted by atomic mass is 9.91. The van der Waals surface area contributed by atoms with Gasteiger partial charge in [0.2, 0.25) is 0 Å². The van der Waals surface area contributed by atoms with Crippen LogP contribution in [0.1, 0.15) is 37.7 Å². The fourth-order valence-corrected chi connectivity index (χ4v) is 3.95. The van der Waals surface area contributed by atoms with E-state index in [1.165, 1.54) is 30.3 Å². The van der Waals surface area contributed by atoms with Gasteiger partial charge < -0.3 is 14.2 Å². The monoisotopic (exact) mass is 530 g/mol. The Bertz CT molecular complexity index is 875. The lowest BCUT2D eigenvalue weighted by Gasteiger charge is -2.19. The summed E-state index contributed by atoms with van der Waals surface area (Å²) >= 11 is 24.0. The van der Waals surface area contributed by atoms with Crippen molar-refractivity contribution in [3.8, 4) is 17.2 Å². The highest BCUT2D eigenvalue weighted by Crippen LogP contribution is 2.39. The SMILES string of the molecule is CCC(CCCOc1ccc(OC(F)(F)F)cc1)c1c(Cl)cc(OCC=C(Cl)Cl)cc1Cl. The Morgan fingerprint density at radius 1 is 0.969 bits per heavy atom. The highest BCUT2D eigenvalue weighted by Gasteiger charge is 2.31. The zero-order valence-corrected chi connectivity index (χ0v) is 20.0. The van der Waals surface area contributed by atoms with E-state index in [4.69, 9.17) is 55.9 Å². The van der Waals surface area contributed by atoms with Crippen LogP contribution in [0.15, 0.2) is 47.0 Å². The summed E-state index contributed by atoms with van der Waals surface area (Å²) in [7, 11) is 0. The lowest BCUT2D eigenvalue weighted by Crippen LogP contribution is -2.16. The van der Waals surface area contributed by atoms with Gasteiger partial charge in [0.1, 0.15) is 28.3 Å². The van der Waals surface area contributed by atoms with Crippen molar-refractivity contribution in [3.05, 3.63) is 62.6 Å². The molecule has 1 atom stereocenters. The van der Waals surface area contributed by atoms with Crippen LogP contribution in [0, 0.1) is 0 Å². The molecule has 0 amide bonds. The van der Waals surface area contributed by atoms with Crippen molar-refractivity contribution < 1.29 is 27.4 Å². The summed E-state index contributed by atoms with van der Waals surface area (Å²) in [5, 5.41) is 1.00. The number of hydrogen-bond acceptors (Lipinski definition) is 3. The Kier molecular flexibility index (Phi) is 10.6. The van der Waals surface area contributed by atoms with Crippen molar-refractivity contribution in [1.29, 1.82) is 0 Å². The van der Waals surface area contributed by atoms with E-state index in [2.05, 4.69) is 4.74 Å². The molecular weight excluding hydrogens is 511 g/mol. The Balaban J connectivity index is 1.90. The van der Waals surface area contributed by atoms with E-state index in [1.54, 1.807) is 12.1 Å². The van der Waals surface area contributed by atoms with Gasteiger partial charge in [-0.2, -0.15) is 0 Å². The van der Waals surface area contributed by atoms with Crippen molar-refractivity contribution >= 4 is 46.4 Å². The third kappa shape index (κ3) is 9.18. The minimum absolute atomic E-state index is 0.104. The normalized spacial score (nSPS) is 12.2. The largest absolute Gasteiger partial charge is 0.573 e. The van der Waals surface area contributed by atoms with Gasteiger partial charge >= 0.3 is 6.36 Å². The third-order valence-corrected chi connectivity index (χ3v) is 5.40. The third-order valence-electron chi connectivity index (χ3n) is 4.46. The van der Waals surface area contributed by atoms with E-state index < -0.39 is 6.36 Å². The Morgan fingerprint density at radius 2 is 1.56 bits per heavy atom. The molecule has 0 heterocycles. The summed E-state index contributed by atoms with van der Waals surface area (Å²) in [6, 6.07) is 8.66. The summed E-state index contributed by atoms with van der Waals surface area (Å²) in [6.07, 6.45) is -0.948. The van der Waals surface area contributed by atoms with Crippen LogP contribution in [0.2, 0.25) is 10.0 Å². The molecule has 0 spiro atoms. The van der Waals surface area contributed by atoms with E-state index in [0.717, 1.165) is 18.4 Å². The van der Waals surface area contributed by atoms with Gasteiger partial charge in [0.05, 0.1) is 6.61 Å². The van der Waals surface area contributed by atoms with Crippen LogP contribution < -0.4 is 14.2 Å². The van der Waals surface area contributed by atoms with Crippen LogP contribution in [0.4, 0.5) is 13.2 Å². The van der Waals surface area contributed by atoms with Gasteiger partial charge in [-0.1, -0.05) is 53.3 Å². The van der Waals surface area contributed by atoms with Crippen molar-refractivity contribution in [1.82, 2.24) is 0 Å². The molecule has 2 aromatic rings. The van der Waals surface area contributed by atoms with Gasteiger partial charge in [-0.15, -0.1) is 13.2 Å². The first-order valence-corrected chi connectivity index (χ1v) is 11.2. The van der Waals surface area contributed by atoms with Crippen LogP contribution in [-0.2, 0) is 0 Å². The van der Waals surface area contributed by atoms with E-state index in [-0.39, 0.29) is 22.8 Å². The maximum absolute atomic E-state index is 12.2. The van der Waals surface area contributed by atoms with Crippen LogP contribution in [-0.4, -0.2) is 19.6 Å². The summed E-state index contributed by atoms with van der Waals surface area (Å²) in [5.41, 5.74) is 0.836. The molecule has 0 aliphatic heterocycles. The molecule has 2 aromatic carbocycles. The van der Waals surface area contributed by atoms with Gasteiger partial charge in [-0.3, -0.25) is 0 Å². The molecule has 0 aliphatic rings. The fraction of sp³-hybridized carbons (Fsp3) is 0.364. The molecule has 1 unspecified atom stereocenters. The molecule has 0 aromatic heterocycles. The van der Waals surface area contributed by atoms with Gasteiger partial charge in [0, 0.05) is 10.0 Å². The first-order valence-electron chi connectivity index (χ1n) is 9.70. The first-order chi connectivity index (χ1) is 15.1. The summed E-state index contributed by atoms with van der Waals surface area (Å²) < 4.78 is 51.7. The minimum atomic E-state index is -4.72. The molecule has 0 saturated heterocycles. The van der Waals surface area contributed by atoms with Crippen LogP contribution >= 0.6 is 46.4 Å². The average Bonchev–Trinajstić information content (AvgIpc) is 2.69. The van der Waals surface area contributed by atoms with Gasteiger partial charge in [-0.05, 0) is 73.2 Å². The predicted molar refractivity (Wildman–Crippen MR) is 123 cm³/mol. The second kappa shape index (κ2) is 12.7. The van der Waals surface area contributed by atoms with Gasteiger partial charge in [-0.25, -0.2) is 0 Å². The summed E-state index contributed by atoms with van der Waals surface area (Å²) in [4.78, 5) is 0. The zero-order chi connectivity index (χ0) is 23.7. The van der Waals surface area contributed by atoms with Gasteiger partial charge in [0.15, 0.2) is 0 Å². The molecule has 0 aliphatic carbocycles. The maximum Gasteiger partial charge on any atom is 0.573 e. The highest BCUT2D eigenvalue weighted by atomic mass is 35.5. The Morgan fingerprint density at radius 3 is 2.09 bits per heavy atom. The fourth-order valence-electron chi connectivity index (χ4n) is 3.05. The smallest absolute Gasteiger partial charge is 0.494 e. The molecule has 32 heavy (non-hydrogen) atoms. The Labute approximate surface area is 204 Å². The zero-order valence-electron chi connectivity index (χ0n) is 17.0. The molecule has 0 bridgehead atoms. The number of benzene rings is 2. The first kappa shape index (κ1) is 26.8. The van der Waals surface area contributed by atoms with Crippen molar-refractivity contribution in [2.75, 3.05) is 13.2 Å². The molecule has 10 heteroatoms. The van der Waals surface area contributed by atoms with E-state index in [1.807, 2.05) is 6.92 Å².